The Bertz CT molecular complexity index is 1530. The summed E-state index contributed by atoms with van der Waals surface area (Å²) in [5.74, 6) is -0.774. The van der Waals surface area contributed by atoms with Crippen molar-refractivity contribution < 1.29 is 24.2 Å². The van der Waals surface area contributed by atoms with Crippen LogP contribution >= 0.6 is 0 Å². The van der Waals surface area contributed by atoms with Gasteiger partial charge >= 0.3 is 5.97 Å². The number of amides is 2. The Morgan fingerprint density at radius 1 is 0.810 bits per heavy atom. The van der Waals surface area contributed by atoms with Gasteiger partial charge < -0.3 is 20.1 Å². The fraction of sp³-hybridized carbons (Fsp3) is 0.229. The maximum Gasteiger partial charge on any atom is 0.305 e. The predicted molar refractivity (Wildman–Crippen MR) is 164 cm³/mol. The molecule has 0 unspecified atom stereocenters. The van der Waals surface area contributed by atoms with Crippen LogP contribution in [0.2, 0.25) is 0 Å². The first-order valence-electron chi connectivity index (χ1n) is 14.0. The van der Waals surface area contributed by atoms with E-state index in [1.54, 1.807) is 36.3 Å². The van der Waals surface area contributed by atoms with E-state index >= 15 is 0 Å². The Morgan fingerprint density at radius 2 is 1.40 bits per heavy atom. The summed E-state index contributed by atoms with van der Waals surface area (Å²) < 4.78 is 5.23. The van der Waals surface area contributed by atoms with Gasteiger partial charge in [0.2, 0.25) is 0 Å². The van der Waals surface area contributed by atoms with Gasteiger partial charge in [0.15, 0.2) is 0 Å². The second-order valence-corrected chi connectivity index (χ2v) is 10.2. The van der Waals surface area contributed by atoms with E-state index in [0.29, 0.717) is 35.2 Å². The Kier molecular flexibility index (Phi) is 10.1. The lowest BCUT2D eigenvalue weighted by atomic mass is 9.94. The number of carbonyl (C=O) groups excluding carboxylic acids is 2. The third-order valence-electron chi connectivity index (χ3n) is 7.26. The van der Waals surface area contributed by atoms with Crippen molar-refractivity contribution in [1.29, 1.82) is 0 Å². The predicted octanol–water partition coefficient (Wildman–Crippen LogP) is 6.32. The zero-order valence-electron chi connectivity index (χ0n) is 24.2. The second-order valence-electron chi connectivity index (χ2n) is 10.2. The number of benzene rings is 4. The molecule has 0 saturated heterocycles. The molecule has 0 aliphatic heterocycles. The minimum absolute atomic E-state index is 0.0643. The second kappa shape index (κ2) is 14.1. The molecule has 0 aliphatic rings. The van der Waals surface area contributed by atoms with Crippen LogP contribution in [0.3, 0.4) is 0 Å². The number of carbonyl (C=O) groups is 3. The van der Waals surface area contributed by atoms with Crippen molar-refractivity contribution in [3.05, 3.63) is 125 Å². The third-order valence-corrected chi connectivity index (χ3v) is 7.26. The first-order chi connectivity index (χ1) is 20.3. The Hall–Kier alpha value is -4.91. The molecule has 0 aliphatic carbocycles. The van der Waals surface area contributed by atoms with E-state index in [0.717, 1.165) is 22.4 Å². The number of hydrogen-bond acceptors (Lipinski definition) is 4. The summed E-state index contributed by atoms with van der Waals surface area (Å²) in [6, 6.07) is 29.7. The molecule has 0 saturated carbocycles. The first-order valence-corrected chi connectivity index (χ1v) is 14.0. The molecule has 4 rings (SSSR count). The average Bonchev–Trinajstić information content (AvgIpc) is 3.01. The van der Waals surface area contributed by atoms with Gasteiger partial charge in [-0.3, -0.25) is 14.4 Å². The number of hydrogen-bond donors (Lipinski definition) is 2. The molecule has 4 aromatic carbocycles. The van der Waals surface area contributed by atoms with Gasteiger partial charge in [0.1, 0.15) is 5.75 Å². The lowest BCUT2D eigenvalue weighted by molar-refractivity contribution is -0.137. The molecular formula is C35H36N2O5. The third kappa shape index (κ3) is 7.63. The standard InChI is InChI=1S/C35H36N2O5/c1-24-12-16-27(17-13-24)25(2)36-34(40)31-10-6-4-8-29(31)30-9-5-7-11-32(30)35(41)37(23-21-33(38)39)22-20-26-14-18-28(42-3)19-15-26/h4-19,25H,20-23H2,1-3H3,(H,36,40)(H,38,39)/t25-/m1/s1. The van der Waals surface area contributed by atoms with Gasteiger partial charge in [-0.15, -0.1) is 0 Å². The highest BCUT2D eigenvalue weighted by Gasteiger charge is 2.23. The van der Waals surface area contributed by atoms with Crippen LogP contribution in [0, 0.1) is 6.92 Å². The summed E-state index contributed by atoms with van der Waals surface area (Å²) in [6.07, 6.45) is 0.375. The topological polar surface area (TPSA) is 95.9 Å². The smallest absolute Gasteiger partial charge is 0.305 e. The van der Waals surface area contributed by atoms with Crippen LogP contribution in [0.1, 0.15) is 56.8 Å². The van der Waals surface area contributed by atoms with Crippen molar-refractivity contribution in [2.45, 2.75) is 32.7 Å². The number of nitrogens with zero attached hydrogens (tertiary/aromatic N) is 1. The van der Waals surface area contributed by atoms with Crippen LogP contribution in [0.15, 0.2) is 97.1 Å². The Balaban J connectivity index is 1.61. The van der Waals surface area contributed by atoms with Crippen LogP contribution < -0.4 is 10.1 Å². The van der Waals surface area contributed by atoms with Crippen molar-refractivity contribution in [2.24, 2.45) is 0 Å². The monoisotopic (exact) mass is 564 g/mol. The maximum atomic E-state index is 14.0. The zero-order valence-corrected chi connectivity index (χ0v) is 24.2. The maximum absolute atomic E-state index is 14.0. The molecule has 0 spiro atoms. The van der Waals surface area contributed by atoms with Crippen LogP contribution in [-0.4, -0.2) is 48.0 Å². The molecule has 0 aromatic heterocycles. The lowest BCUT2D eigenvalue weighted by Crippen LogP contribution is -2.35. The highest BCUT2D eigenvalue weighted by atomic mass is 16.5. The number of rotatable bonds is 12. The van der Waals surface area contributed by atoms with E-state index in [2.05, 4.69) is 5.32 Å². The van der Waals surface area contributed by atoms with Gasteiger partial charge in [0.05, 0.1) is 19.6 Å². The van der Waals surface area contributed by atoms with Crippen LogP contribution in [0.5, 0.6) is 5.75 Å². The van der Waals surface area contributed by atoms with Gasteiger partial charge in [0.25, 0.3) is 11.8 Å². The molecule has 0 heterocycles. The van der Waals surface area contributed by atoms with Gasteiger partial charge in [-0.2, -0.15) is 0 Å². The molecule has 0 bridgehead atoms. The molecule has 4 aromatic rings. The molecule has 42 heavy (non-hydrogen) atoms. The number of aryl methyl sites for hydroxylation is 1. The fourth-order valence-corrected chi connectivity index (χ4v) is 4.81. The number of carboxylic acid groups (broad SMARTS) is 1. The summed E-state index contributed by atoms with van der Waals surface area (Å²) in [5.41, 5.74) is 5.24. The molecule has 1 atom stereocenters. The number of methoxy groups -OCH3 is 1. The first kappa shape index (κ1) is 30.1. The van der Waals surface area contributed by atoms with E-state index in [1.165, 1.54) is 0 Å². The van der Waals surface area contributed by atoms with Crippen LogP contribution in [0.25, 0.3) is 11.1 Å². The largest absolute Gasteiger partial charge is 0.497 e. The summed E-state index contributed by atoms with van der Waals surface area (Å²) in [6.45, 7) is 4.35. The van der Waals surface area contributed by atoms with Crippen molar-refractivity contribution in [3.63, 3.8) is 0 Å². The van der Waals surface area contributed by atoms with E-state index in [4.69, 9.17) is 4.74 Å². The summed E-state index contributed by atoms with van der Waals surface area (Å²) >= 11 is 0. The van der Waals surface area contributed by atoms with Gasteiger partial charge in [-0.05, 0) is 66.8 Å². The lowest BCUT2D eigenvalue weighted by Gasteiger charge is -2.24. The molecule has 7 nitrogen and oxygen atoms in total. The van der Waals surface area contributed by atoms with E-state index in [9.17, 15) is 19.5 Å². The van der Waals surface area contributed by atoms with Crippen molar-refractivity contribution in [1.82, 2.24) is 10.2 Å². The minimum Gasteiger partial charge on any atom is -0.497 e. The quantitative estimate of drug-likeness (QED) is 0.210. The number of nitrogens with one attached hydrogen (secondary N) is 1. The van der Waals surface area contributed by atoms with Gasteiger partial charge in [-0.1, -0.05) is 78.4 Å². The number of aliphatic carboxylic acids is 1. The normalized spacial score (nSPS) is 11.4. The van der Waals surface area contributed by atoms with Crippen molar-refractivity contribution >= 4 is 17.8 Å². The molecule has 7 heteroatoms. The SMILES string of the molecule is COc1ccc(CCN(CCC(=O)O)C(=O)c2ccccc2-c2ccccc2C(=O)N[C@H](C)c2ccc(C)cc2)cc1. The zero-order chi connectivity index (χ0) is 30.1. The highest BCUT2D eigenvalue weighted by Crippen LogP contribution is 2.29. The fourth-order valence-electron chi connectivity index (χ4n) is 4.81. The average molecular weight is 565 g/mol. The summed E-state index contributed by atoms with van der Waals surface area (Å²) in [5, 5.41) is 12.4. The minimum atomic E-state index is -0.977. The summed E-state index contributed by atoms with van der Waals surface area (Å²) in [7, 11) is 1.60. The highest BCUT2D eigenvalue weighted by molar-refractivity contribution is 6.06. The molecule has 2 N–H and O–H groups in total. The van der Waals surface area contributed by atoms with Crippen molar-refractivity contribution in [2.75, 3.05) is 20.2 Å². The van der Waals surface area contributed by atoms with Crippen LogP contribution in [0.4, 0.5) is 0 Å². The summed E-state index contributed by atoms with van der Waals surface area (Å²) in [4.78, 5) is 40.5. The molecule has 0 radical (unpaired) electrons. The molecule has 0 fully saturated rings. The van der Waals surface area contributed by atoms with E-state index in [-0.39, 0.29) is 30.8 Å². The van der Waals surface area contributed by atoms with Crippen molar-refractivity contribution in [3.8, 4) is 16.9 Å². The number of carboxylic acids is 1. The Labute approximate surface area is 246 Å². The Morgan fingerprint density at radius 3 is 2.02 bits per heavy atom. The van der Waals surface area contributed by atoms with Crippen LogP contribution in [-0.2, 0) is 11.2 Å². The van der Waals surface area contributed by atoms with E-state index < -0.39 is 5.97 Å². The molecular weight excluding hydrogens is 528 g/mol. The van der Waals surface area contributed by atoms with Gasteiger partial charge in [0, 0.05) is 24.2 Å². The molecule has 2 amide bonds. The molecule has 216 valence electrons. The van der Waals surface area contributed by atoms with Gasteiger partial charge in [-0.25, -0.2) is 0 Å². The number of ether oxygens (including phenoxy) is 1. The van der Waals surface area contributed by atoms with E-state index in [1.807, 2.05) is 86.6 Å².